The van der Waals surface area contributed by atoms with E-state index in [-0.39, 0.29) is 11.6 Å². The number of benzene rings is 1. The summed E-state index contributed by atoms with van der Waals surface area (Å²) in [7, 11) is 0. The van der Waals surface area contributed by atoms with Gasteiger partial charge in [-0.1, -0.05) is 24.4 Å². The zero-order valence-electron chi connectivity index (χ0n) is 11.8. The van der Waals surface area contributed by atoms with Crippen LogP contribution in [0.5, 0.6) is 0 Å². The average Bonchev–Trinajstić information content (AvgIpc) is 2.90. The summed E-state index contributed by atoms with van der Waals surface area (Å²) < 4.78 is 0. The van der Waals surface area contributed by atoms with Crippen molar-refractivity contribution in [3.8, 4) is 0 Å². The molecule has 1 aliphatic rings. The lowest BCUT2D eigenvalue weighted by atomic mass is 10.1. The molecule has 2 rings (SSSR count). The Kier molecular flexibility index (Phi) is 5.38. The van der Waals surface area contributed by atoms with Crippen molar-refractivity contribution in [1.29, 1.82) is 0 Å². The Morgan fingerprint density at radius 3 is 2.57 bits per heavy atom. The lowest BCUT2D eigenvalue weighted by molar-refractivity contribution is -0.384. The predicted molar refractivity (Wildman–Crippen MR) is 84.2 cm³/mol. The van der Waals surface area contributed by atoms with Gasteiger partial charge in [0.1, 0.15) is 0 Å². The molecule has 0 atom stereocenters. The molecule has 6 heteroatoms. The van der Waals surface area contributed by atoms with Crippen LogP contribution in [0.4, 0.5) is 5.69 Å². The maximum absolute atomic E-state index is 12.0. The van der Waals surface area contributed by atoms with Crippen molar-refractivity contribution in [2.75, 3.05) is 6.54 Å². The van der Waals surface area contributed by atoms with E-state index in [0.29, 0.717) is 6.42 Å². The fraction of sp³-hybridized carbons (Fsp3) is 0.467. The summed E-state index contributed by atoms with van der Waals surface area (Å²) in [6.45, 7) is 0.764. The molecule has 1 aromatic rings. The Morgan fingerprint density at radius 1 is 1.29 bits per heavy atom. The van der Waals surface area contributed by atoms with Gasteiger partial charge in [0.15, 0.2) is 0 Å². The molecule has 0 unspecified atom stereocenters. The zero-order chi connectivity index (χ0) is 15.2. The molecule has 0 aromatic heterocycles. The standard InChI is InChI=1S/C15H18N2O3S/c18-14(16-11-3-6-15(16)21)5-2-1-4-12-7-9-13(10-8-12)17(19)20/h7-10H,1-6,11H2. The van der Waals surface area contributed by atoms with Crippen LogP contribution >= 0.6 is 12.2 Å². The Morgan fingerprint density at radius 2 is 2.00 bits per heavy atom. The molecule has 0 spiro atoms. The molecule has 0 aliphatic carbocycles. The van der Waals surface area contributed by atoms with Crippen LogP contribution in [-0.4, -0.2) is 27.3 Å². The van der Waals surface area contributed by atoms with Gasteiger partial charge in [-0.3, -0.25) is 14.9 Å². The largest absolute Gasteiger partial charge is 0.307 e. The second-order valence-corrected chi connectivity index (χ2v) is 5.64. The Bertz CT molecular complexity index is 542. The fourth-order valence-corrected chi connectivity index (χ4v) is 2.77. The van der Waals surface area contributed by atoms with Crippen LogP contribution in [0.2, 0.25) is 0 Å². The molecule has 1 saturated heterocycles. The molecule has 0 saturated carbocycles. The molecule has 1 aliphatic heterocycles. The second kappa shape index (κ2) is 7.26. The van der Waals surface area contributed by atoms with Crippen molar-refractivity contribution < 1.29 is 9.72 Å². The summed E-state index contributed by atoms with van der Waals surface area (Å²) in [4.78, 5) is 24.6. The first-order valence-corrected chi connectivity index (χ1v) is 7.55. The van der Waals surface area contributed by atoms with Crippen LogP contribution < -0.4 is 0 Å². The second-order valence-electron chi connectivity index (χ2n) is 5.17. The van der Waals surface area contributed by atoms with E-state index in [1.807, 2.05) is 0 Å². The smallest absolute Gasteiger partial charge is 0.269 e. The summed E-state index contributed by atoms with van der Waals surface area (Å²) in [6, 6.07) is 6.58. The predicted octanol–water partition coefficient (Wildman–Crippen LogP) is 3.26. The van der Waals surface area contributed by atoms with Crippen molar-refractivity contribution in [2.24, 2.45) is 0 Å². The van der Waals surface area contributed by atoms with E-state index in [2.05, 4.69) is 0 Å². The number of unbranched alkanes of at least 4 members (excludes halogenated alkanes) is 1. The number of non-ortho nitro benzene ring substituents is 1. The van der Waals surface area contributed by atoms with Gasteiger partial charge in [0.25, 0.3) is 5.69 Å². The van der Waals surface area contributed by atoms with Crippen molar-refractivity contribution in [3.05, 3.63) is 39.9 Å². The highest BCUT2D eigenvalue weighted by Crippen LogP contribution is 2.16. The summed E-state index contributed by atoms with van der Waals surface area (Å²) in [5.41, 5.74) is 1.17. The van der Waals surface area contributed by atoms with Gasteiger partial charge in [-0.15, -0.1) is 0 Å². The Hall–Kier alpha value is -1.82. The van der Waals surface area contributed by atoms with Crippen LogP contribution in [0, 0.1) is 10.1 Å². The van der Waals surface area contributed by atoms with Gasteiger partial charge in [-0.05, 0) is 31.2 Å². The van der Waals surface area contributed by atoms with Gasteiger partial charge in [0.2, 0.25) is 5.91 Å². The third-order valence-corrected chi connectivity index (χ3v) is 4.05. The minimum atomic E-state index is -0.401. The van der Waals surface area contributed by atoms with Gasteiger partial charge in [0.05, 0.1) is 9.91 Å². The summed E-state index contributed by atoms with van der Waals surface area (Å²) in [5.74, 6) is 0.126. The number of carbonyl (C=O) groups is 1. The van der Waals surface area contributed by atoms with Crippen LogP contribution in [-0.2, 0) is 11.2 Å². The number of aryl methyl sites for hydroxylation is 1. The quantitative estimate of drug-likeness (QED) is 0.350. The molecule has 0 N–H and O–H groups in total. The number of carbonyl (C=O) groups excluding carboxylic acids is 1. The molecular weight excluding hydrogens is 288 g/mol. The molecule has 5 nitrogen and oxygen atoms in total. The molecule has 21 heavy (non-hydrogen) atoms. The molecule has 1 heterocycles. The van der Waals surface area contributed by atoms with Crippen LogP contribution in [0.15, 0.2) is 24.3 Å². The van der Waals surface area contributed by atoms with E-state index in [0.717, 1.165) is 49.2 Å². The molecule has 112 valence electrons. The van der Waals surface area contributed by atoms with E-state index in [1.165, 1.54) is 12.1 Å². The van der Waals surface area contributed by atoms with Crippen molar-refractivity contribution in [2.45, 2.75) is 38.5 Å². The number of likely N-dealkylation sites (tertiary alicyclic amines) is 1. The topological polar surface area (TPSA) is 63.4 Å². The third-order valence-electron chi connectivity index (χ3n) is 3.63. The van der Waals surface area contributed by atoms with Crippen molar-refractivity contribution >= 4 is 28.8 Å². The number of nitro groups is 1. The first-order valence-electron chi connectivity index (χ1n) is 7.14. The van der Waals surface area contributed by atoms with E-state index in [9.17, 15) is 14.9 Å². The average molecular weight is 306 g/mol. The summed E-state index contributed by atoms with van der Waals surface area (Å²) >= 11 is 5.16. The van der Waals surface area contributed by atoms with Gasteiger partial charge in [0, 0.05) is 31.5 Å². The minimum absolute atomic E-state index is 0.108. The molecular formula is C15H18N2O3S. The molecule has 1 fully saturated rings. The van der Waals surface area contributed by atoms with Gasteiger partial charge in [-0.25, -0.2) is 0 Å². The van der Waals surface area contributed by atoms with E-state index >= 15 is 0 Å². The lowest BCUT2D eigenvalue weighted by Gasteiger charge is -2.15. The van der Waals surface area contributed by atoms with Gasteiger partial charge in [-0.2, -0.15) is 0 Å². The monoisotopic (exact) mass is 306 g/mol. The maximum atomic E-state index is 12.0. The number of hydrogen-bond donors (Lipinski definition) is 0. The molecule has 0 bridgehead atoms. The number of nitro benzene ring substituents is 1. The first kappa shape index (κ1) is 15.6. The fourth-order valence-electron chi connectivity index (χ4n) is 2.44. The molecule has 1 amide bonds. The molecule has 1 aromatic carbocycles. The van der Waals surface area contributed by atoms with Crippen LogP contribution in [0.25, 0.3) is 0 Å². The van der Waals surface area contributed by atoms with Crippen molar-refractivity contribution in [3.63, 3.8) is 0 Å². The number of hydrogen-bond acceptors (Lipinski definition) is 4. The highest BCUT2D eigenvalue weighted by molar-refractivity contribution is 7.80. The van der Waals surface area contributed by atoms with Crippen LogP contribution in [0.1, 0.15) is 37.7 Å². The number of thiocarbonyl (C=S) groups is 1. The number of nitrogens with zero attached hydrogens (tertiary/aromatic N) is 2. The Labute approximate surface area is 129 Å². The summed E-state index contributed by atoms with van der Waals surface area (Å²) in [6.07, 6.45) is 4.89. The third kappa shape index (κ3) is 4.32. The van der Waals surface area contributed by atoms with E-state index in [4.69, 9.17) is 12.2 Å². The number of amides is 1. The highest BCUT2D eigenvalue weighted by atomic mass is 32.1. The first-order chi connectivity index (χ1) is 10.1. The zero-order valence-corrected chi connectivity index (χ0v) is 12.6. The SMILES string of the molecule is O=C(CCCCc1ccc([N+](=O)[O-])cc1)N1CCCC1=S. The number of rotatable bonds is 6. The lowest BCUT2D eigenvalue weighted by Crippen LogP contribution is -2.30. The van der Waals surface area contributed by atoms with Gasteiger partial charge >= 0.3 is 0 Å². The normalized spacial score (nSPS) is 14.5. The van der Waals surface area contributed by atoms with E-state index in [1.54, 1.807) is 17.0 Å². The van der Waals surface area contributed by atoms with E-state index < -0.39 is 4.92 Å². The minimum Gasteiger partial charge on any atom is -0.307 e. The van der Waals surface area contributed by atoms with Crippen molar-refractivity contribution in [1.82, 2.24) is 4.90 Å². The molecule has 0 radical (unpaired) electrons. The highest BCUT2D eigenvalue weighted by Gasteiger charge is 2.22. The summed E-state index contributed by atoms with van der Waals surface area (Å²) in [5, 5.41) is 10.6. The van der Waals surface area contributed by atoms with Crippen LogP contribution in [0.3, 0.4) is 0 Å². The van der Waals surface area contributed by atoms with Gasteiger partial charge < -0.3 is 4.90 Å². The maximum Gasteiger partial charge on any atom is 0.269 e. The Balaban J connectivity index is 1.71.